The highest BCUT2D eigenvalue weighted by molar-refractivity contribution is 5.74. The molecule has 0 unspecified atom stereocenters. The number of hydrogen-bond acceptors (Lipinski definition) is 2. The molecule has 2 aromatic heterocycles. The molecule has 4 heteroatoms. The third-order valence-electron chi connectivity index (χ3n) is 1.56. The van der Waals surface area contributed by atoms with Crippen molar-refractivity contribution in [1.29, 1.82) is 0 Å². The summed E-state index contributed by atoms with van der Waals surface area (Å²) in [6.45, 7) is 0. The number of fused-ring (bicyclic) bond motifs is 1. The molecule has 60 valence electrons. The Hall–Kier alpha value is -1.71. The molecule has 0 saturated heterocycles. The minimum atomic E-state index is -0.372. The Kier molecular flexibility index (Phi) is 1.40. The van der Waals surface area contributed by atoms with Crippen LogP contribution < -0.4 is 0 Å². The zero-order chi connectivity index (χ0) is 8.55. The Morgan fingerprint density at radius 2 is 2.33 bits per heavy atom. The largest absolute Gasteiger partial charge is 0.296 e. The predicted octanol–water partition coefficient (Wildman–Crippen LogP) is 1.29. The van der Waals surface area contributed by atoms with Gasteiger partial charge < -0.3 is 0 Å². The van der Waals surface area contributed by atoms with Crippen molar-refractivity contribution in [3.8, 4) is 0 Å². The first-order valence-electron chi connectivity index (χ1n) is 3.40. The van der Waals surface area contributed by atoms with Crippen molar-refractivity contribution < 1.29 is 9.18 Å². The average Bonchev–Trinajstić information content (AvgIpc) is 2.46. The number of carbonyl (C=O) groups excluding carboxylic acids is 1. The molecule has 0 radical (unpaired) electrons. The Labute approximate surface area is 67.4 Å². The lowest BCUT2D eigenvalue weighted by molar-refractivity contribution is 0.111. The van der Waals surface area contributed by atoms with Crippen molar-refractivity contribution in [1.82, 2.24) is 9.61 Å². The van der Waals surface area contributed by atoms with Crippen molar-refractivity contribution in [3.63, 3.8) is 0 Å². The van der Waals surface area contributed by atoms with E-state index < -0.39 is 0 Å². The SMILES string of the molecule is O=Cc1cc2ccc(F)cn2n1. The molecule has 0 aromatic carbocycles. The normalized spacial score (nSPS) is 10.4. The Morgan fingerprint density at radius 1 is 1.50 bits per heavy atom. The van der Waals surface area contributed by atoms with Gasteiger partial charge in [-0.15, -0.1) is 0 Å². The molecule has 0 bridgehead atoms. The minimum absolute atomic E-state index is 0.306. The number of rotatable bonds is 1. The molecule has 12 heavy (non-hydrogen) atoms. The van der Waals surface area contributed by atoms with Crippen LogP contribution in [0.5, 0.6) is 0 Å². The quantitative estimate of drug-likeness (QED) is 0.595. The summed E-state index contributed by atoms with van der Waals surface area (Å²) in [6, 6.07) is 4.48. The lowest BCUT2D eigenvalue weighted by Crippen LogP contribution is -1.88. The van der Waals surface area contributed by atoms with Crippen LogP contribution in [0.15, 0.2) is 24.4 Å². The second-order valence-electron chi connectivity index (χ2n) is 2.40. The number of hydrogen-bond donors (Lipinski definition) is 0. The molecule has 0 N–H and O–H groups in total. The summed E-state index contributed by atoms with van der Waals surface area (Å²) in [5, 5.41) is 3.80. The van der Waals surface area contributed by atoms with Crippen LogP contribution in [-0.2, 0) is 0 Å². The van der Waals surface area contributed by atoms with Crippen molar-refractivity contribution in [2.45, 2.75) is 0 Å². The fraction of sp³-hybridized carbons (Fsp3) is 0. The van der Waals surface area contributed by atoms with Crippen molar-refractivity contribution in [2.75, 3.05) is 0 Å². The average molecular weight is 164 g/mol. The van der Waals surface area contributed by atoms with Crippen molar-refractivity contribution in [3.05, 3.63) is 35.9 Å². The molecule has 0 aliphatic carbocycles. The second-order valence-corrected chi connectivity index (χ2v) is 2.40. The van der Waals surface area contributed by atoms with E-state index in [1.165, 1.54) is 16.8 Å². The molecule has 3 nitrogen and oxygen atoms in total. The molecular formula is C8H5FN2O. The van der Waals surface area contributed by atoms with E-state index >= 15 is 0 Å². The second kappa shape index (κ2) is 2.41. The fourth-order valence-corrected chi connectivity index (χ4v) is 1.04. The van der Waals surface area contributed by atoms with Crippen LogP contribution in [0.2, 0.25) is 0 Å². The van der Waals surface area contributed by atoms with Gasteiger partial charge in [0.2, 0.25) is 0 Å². The van der Waals surface area contributed by atoms with E-state index in [4.69, 9.17) is 0 Å². The number of halogens is 1. The zero-order valence-electron chi connectivity index (χ0n) is 6.07. The van der Waals surface area contributed by atoms with E-state index in [0.29, 0.717) is 17.5 Å². The molecule has 2 rings (SSSR count). The van der Waals surface area contributed by atoms with Crippen molar-refractivity contribution in [2.24, 2.45) is 0 Å². The van der Waals surface area contributed by atoms with E-state index in [2.05, 4.69) is 5.10 Å². The maximum absolute atomic E-state index is 12.6. The van der Waals surface area contributed by atoms with E-state index in [0.717, 1.165) is 0 Å². The summed E-state index contributed by atoms with van der Waals surface area (Å²) in [5.74, 6) is -0.372. The van der Waals surface area contributed by atoms with E-state index in [-0.39, 0.29) is 5.82 Å². The van der Waals surface area contributed by atoms with Gasteiger partial charge in [-0.05, 0) is 18.2 Å². The van der Waals surface area contributed by atoms with Gasteiger partial charge >= 0.3 is 0 Å². The van der Waals surface area contributed by atoms with Gasteiger partial charge in [-0.25, -0.2) is 8.91 Å². The molecule has 0 spiro atoms. The van der Waals surface area contributed by atoms with Gasteiger partial charge in [-0.1, -0.05) is 0 Å². The van der Waals surface area contributed by atoms with Gasteiger partial charge in [0.1, 0.15) is 11.5 Å². The highest BCUT2D eigenvalue weighted by Crippen LogP contribution is 2.05. The van der Waals surface area contributed by atoms with Crippen LogP contribution >= 0.6 is 0 Å². The first-order chi connectivity index (χ1) is 5.79. The van der Waals surface area contributed by atoms with Gasteiger partial charge in [-0.3, -0.25) is 4.79 Å². The van der Waals surface area contributed by atoms with Crippen LogP contribution in [-0.4, -0.2) is 15.9 Å². The molecule has 0 atom stereocenters. The molecule has 0 saturated carbocycles. The Balaban J connectivity index is 2.75. The molecule has 0 aliphatic heterocycles. The van der Waals surface area contributed by atoms with Crippen LogP contribution in [0, 0.1) is 5.82 Å². The summed E-state index contributed by atoms with van der Waals surface area (Å²) in [5.41, 5.74) is 1.01. The third-order valence-corrected chi connectivity index (χ3v) is 1.56. The van der Waals surface area contributed by atoms with Crippen molar-refractivity contribution >= 4 is 11.8 Å². The summed E-state index contributed by atoms with van der Waals surface area (Å²) in [6.07, 6.45) is 1.85. The molecule has 0 aliphatic rings. The number of aromatic nitrogens is 2. The summed E-state index contributed by atoms with van der Waals surface area (Å²) >= 11 is 0. The first kappa shape index (κ1) is 6.97. The van der Waals surface area contributed by atoms with Crippen LogP contribution in [0.4, 0.5) is 4.39 Å². The lowest BCUT2D eigenvalue weighted by Gasteiger charge is -1.90. The van der Waals surface area contributed by atoms with Gasteiger partial charge in [0.05, 0.1) is 11.7 Å². The van der Waals surface area contributed by atoms with E-state index in [1.54, 1.807) is 12.1 Å². The van der Waals surface area contributed by atoms with Crippen LogP contribution in [0.3, 0.4) is 0 Å². The predicted molar refractivity (Wildman–Crippen MR) is 40.5 cm³/mol. The summed E-state index contributed by atoms with van der Waals surface area (Å²) in [4.78, 5) is 10.3. The first-order valence-corrected chi connectivity index (χ1v) is 3.40. The smallest absolute Gasteiger partial charge is 0.170 e. The summed E-state index contributed by atoms with van der Waals surface area (Å²) < 4.78 is 13.9. The maximum atomic E-state index is 12.6. The number of carbonyl (C=O) groups is 1. The molecule has 2 heterocycles. The zero-order valence-corrected chi connectivity index (χ0v) is 6.07. The van der Waals surface area contributed by atoms with E-state index in [1.807, 2.05) is 0 Å². The van der Waals surface area contributed by atoms with Gasteiger partial charge in [-0.2, -0.15) is 5.10 Å². The number of aldehydes is 1. The minimum Gasteiger partial charge on any atom is -0.296 e. The van der Waals surface area contributed by atoms with E-state index in [9.17, 15) is 9.18 Å². The Morgan fingerprint density at radius 3 is 3.08 bits per heavy atom. The molecular weight excluding hydrogens is 159 g/mol. The topological polar surface area (TPSA) is 34.4 Å². The van der Waals surface area contributed by atoms with Gasteiger partial charge in [0, 0.05) is 0 Å². The lowest BCUT2D eigenvalue weighted by atomic mass is 10.4. The molecule has 0 amide bonds. The number of pyridine rings is 1. The highest BCUT2D eigenvalue weighted by atomic mass is 19.1. The Bertz CT molecular complexity index is 436. The summed E-state index contributed by atoms with van der Waals surface area (Å²) in [7, 11) is 0. The maximum Gasteiger partial charge on any atom is 0.170 e. The standard InChI is InChI=1S/C8H5FN2O/c9-6-1-2-8-3-7(5-12)10-11(8)4-6/h1-5H. The van der Waals surface area contributed by atoms with Gasteiger partial charge in [0.15, 0.2) is 6.29 Å². The fourth-order valence-electron chi connectivity index (χ4n) is 1.04. The third kappa shape index (κ3) is 0.972. The molecule has 0 fully saturated rings. The molecule has 2 aromatic rings. The monoisotopic (exact) mass is 164 g/mol. The van der Waals surface area contributed by atoms with Gasteiger partial charge in [0.25, 0.3) is 0 Å². The number of nitrogens with zero attached hydrogens (tertiary/aromatic N) is 2. The van der Waals surface area contributed by atoms with Crippen LogP contribution in [0.1, 0.15) is 10.5 Å². The highest BCUT2D eigenvalue weighted by Gasteiger charge is 1.99. The van der Waals surface area contributed by atoms with Crippen LogP contribution in [0.25, 0.3) is 5.52 Å².